The Morgan fingerprint density at radius 2 is 2.00 bits per heavy atom. The number of furan rings is 1. The molecule has 5 heteroatoms. The van der Waals surface area contributed by atoms with Crippen LogP contribution in [0.2, 0.25) is 0 Å². The molecule has 2 aromatic rings. The summed E-state index contributed by atoms with van der Waals surface area (Å²) < 4.78 is 31.9. The van der Waals surface area contributed by atoms with Crippen molar-refractivity contribution >= 4 is 21.6 Å². The first-order chi connectivity index (χ1) is 8.06. The highest BCUT2D eigenvalue weighted by molar-refractivity contribution is 9.10. The second kappa shape index (κ2) is 4.87. The van der Waals surface area contributed by atoms with Gasteiger partial charge in [0, 0.05) is 6.07 Å². The molecular weight excluding hydrogens is 292 g/mol. The van der Waals surface area contributed by atoms with Gasteiger partial charge in [-0.05, 0) is 41.1 Å². The summed E-state index contributed by atoms with van der Waals surface area (Å²) in [4.78, 5) is 0. The maximum atomic E-state index is 13.4. The van der Waals surface area contributed by atoms with E-state index in [2.05, 4.69) is 21.2 Å². The molecule has 0 unspecified atom stereocenters. The van der Waals surface area contributed by atoms with Crippen LogP contribution in [0.5, 0.6) is 0 Å². The van der Waals surface area contributed by atoms with Crippen molar-refractivity contribution in [1.29, 1.82) is 0 Å². The number of halogens is 3. The number of hydrogen-bond acceptors (Lipinski definition) is 2. The zero-order valence-electron chi connectivity index (χ0n) is 9.06. The van der Waals surface area contributed by atoms with Gasteiger partial charge in [0.15, 0.2) is 0 Å². The standard InChI is InChI=1S/C12H10BrF2NO/c1-7-2-3-8(17-7)6-16-12-4-9(13)10(14)5-11(12)15/h2-5,16H,6H2,1H3. The molecule has 0 aliphatic heterocycles. The molecule has 0 aliphatic carbocycles. The van der Waals surface area contributed by atoms with Gasteiger partial charge in [0.25, 0.3) is 0 Å². The van der Waals surface area contributed by atoms with E-state index >= 15 is 0 Å². The van der Waals surface area contributed by atoms with Crippen LogP contribution in [0, 0.1) is 18.6 Å². The Labute approximate surface area is 106 Å². The molecule has 2 nitrogen and oxygen atoms in total. The molecule has 17 heavy (non-hydrogen) atoms. The molecule has 0 saturated heterocycles. The van der Waals surface area contributed by atoms with Crippen LogP contribution in [0.4, 0.5) is 14.5 Å². The van der Waals surface area contributed by atoms with Crippen LogP contribution in [0.1, 0.15) is 11.5 Å². The van der Waals surface area contributed by atoms with Gasteiger partial charge in [-0.1, -0.05) is 0 Å². The molecule has 0 spiro atoms. The minimum Gasteiger partial charge on any atom is -0.465 e. The highest BCUT2D eigenvalue weighted by Crippen LogP contribution is 2.24. The third-order valence-corrected chi connectivity index (χ3v) is 2.87. The van der Waals surface area contributed by atoms with Gasteiger partial charge in [-0.3, -0.25) is 0 Å². The van der Waals surface area contributed by atoms with Crippen molar-refractivity contribution in [1.82, 2.24) is 0 Å². The second-order valence-electron chi connectivity index (χ2n) is 3.61. The fourth-order valence-electron chi connectivity index (χ4n) is 1.42. The maximum absolute atomic E-state index is 13.4. The molecule has 90 valence electrons. The lowest BCUT2D eigenvalue weighted by atomic mass is 10.3. The summed E-state index contributed by atoms with van der Waals surface area (Å²) in [6, 6.07) is 5.83. The van der Waals surface area contributed by atoms with Crippen LogP contribution in [-0.4, -0.2) is 0 Å². The van der Waals surface area contributed by atoms with Crippen LogP contribution >= 0.6 is 15.9 Å². The number of anilines is 1. The first kappa shape index (κ1) is 12.1. The van der Waals surface area contributed by atoms with E-state index in [4.69, 9.17) is 4.42 Å². The van der Waals surface area contributed by atoms with Gasteiger partial charge in [-0.2, -0.15) is 0 Å². The van der Waals surface area contributed by atoms with E-state index in [1.807, 2.05) is 13.0 Å². The fourth-order valence-corrected chi connectivity index (χ4v) is 1.76. The van der Waals surface area contributed by atoms with Gasteiger partial charge in [-0.25, -0.2) is 8.78 Å². The van der Waals surface area contributed by atoms with Crippen LogP contribution in [-0.2, 0) is 6.54 Å². The molecule has 1 aromatic heterocycles. The molecular formula is C12H10BrF2NO. The molecule has 0 bridgehead atoms. The van der Waals surface area contributed by atoms with Crippen molar-refractivity contribution in [3.05, 3.63) is 51.9 Å². The maximum Gasteiger partial charge on any atom is 0.149 e. The monoisotopic (exact) mass is 301 g/mol. The number of hydrogen-bond donors (Lipinski definition) is 1. The summed E-state index contributed by atoms with van der Waals surface area (Å²) in [6.07, 6.45) is 0. The highest BCUT2D eigenvalue weighted by atomic mass is 79.9. The SMILES string of the molecule is Cc1ccc(CNc2cc(Br)c(F)cc2F)o1. The molecule has 0 radical (unpaired) electrons. The lowest BCUT2D eigenvalue weighted by Crippen LogP contribution is -2.01. The molecule has 2 rings (SSSR count). The zero-order chi connectivity index (χ0) is 12.4. The van der Waals surface area contributed by atoms with Crippen molar-refractivity contribution in [3.8, 4) is 0 Å². The van der Waals surface area contributed by atoms with Gasteiger partial charge in [0.1, 0.15) is 23.2 Å². The van der Waals surface area contributed by atoms with E-state index in [9.17, 15) is 8.78 Å². The van der Waals surface area contributed by atoms with E-state index in [1.165, 1.54) is 6.07 Å². The van der Waals surface area contributed by atoms with Crippen LogP contribution in [0.3, 0.4) is 0 Å². The predicted molar refractivity (Wildman–Crippen MR) is 64.8 cm³/mol. The summed E-state index contributed by atoms with van der Waals surface area (Å²) in [6.45, 7) is 2.18. The number of aryl methyl sites for hydroxylation is 1. The molecule has 0 saturated carbocycles. The second-order valence-corrected chi connectivity index (χ2v) is 4.47. The Kier molecular flexibility index (Phi) is 3.47. The minimum atomic E-state index is -0.631. The molecule has 1 N–H and O–H groups in total. The Morgan fingerprint density at radius 3 is 2.65 bits per heavy atom. The fraction of sp³-hybridized carbons (Fsp3) is 0.167. The molecule has 1 aromatic carbocycles. The number of rotatable bonds is 3. The quantitative estimate of drug-likeness (QED) is 0.858. The number of benzene rings is 1. The highest BCUT2D eigenvalue weighted by Gasteiger charge is 2.08. The summed E-state index contributed by atoms with van der Waals surface area (Å²) in [5.41, 5.74) is 0.229. The average Bonchev–Trinajstić information content (AvgIpc) is 2.68. The van der Waals surface area contributed by atoms with E-state index in [0.29, 0.717) is 12.3 Å². The topological polar surface area (TPSA) is 25.2 Å². The Hall–Kier alpha value is -1.36. The van der Waals surface area contributed by atoms with E-state index in [1.54, 1.807) is 6.07 Å². The van der Waals surface area contributed by atoms with Crippen LogP contribution < -0.4 is 5.32 Å². The number of nitrogens with one attached hydrogen (secondary N) is 1. The van der Waals surface area contributed by atoms with Crippen LogP contribution in [0.15, 0.2) is 33.2 Å². The van der Waals surface area contributed by atoms with Gasteiger partial charge in [0.05, 0.1) is 16.7 Å². The summed E-state index contributed by atoms with van der Waals surface area (Å²) in [7, 11) is 0. The van der Waals surface area contributed by atoms with Crippen molar-refractivity contribution < 1.29 is 13.2 Å². The molecule has 0 fully saturated rings. The lowest BCUT2D eigenvalue weighted by molar-refractivity contribution is 0.490. The molecule has 1 heterocycles. The molecule has 0 amide bonds. The normalized spacial score (nSPS) is 10.6. The zero-order valence-corrected chi connectivity index (χ0v) is 10.6. The van der Waals surface area contributed by atoms with E-state index in [-0.39, 0.29) is 10.2 Å². The molecule has 0 aliphatic rings. The summed E-state index contributed by atoms with van der Waals surface area (Å²) >= 11 is 3.01. The van der Waals surface area contributed by atoms with Crippen LogP contribution in [0.25, 0.3) is 0 Å². The summed E-state index contributed by atoms with van der Waals surface area (Å²) in [5, 5.41) is 2.85. The third-order valence-electron chi connectivity index (χ3n) is 2.26. The third kappa shape index (κ3) is 2.85. The van der Waals surface area contributed by atoms with Crippen molar-refractivity contribution in [2.75, 3.05) is 5.32 Å². The smallest absolute Gasteiger partial charge is 0.149 e. The Balaban J connectivity index is 2.11. The minimum absolute atomic E-state index is 0.219. The van der Waals surface area contributed by atoms with E-state index in [0.717, 1.165) is 11.8 Å². The lowest BCUT2D eigenvalue weighted by Gasteiger charge is -2.07. The van der Waals surface area contributed by atoms with Crippen molar-refractivity contribution in [2.24, 2.45) is 0 Å². The van der Waals surface area contributed by atoms with Gasteiger partial charge >= 0.3 is 0 Å². The Bertz CT molecular complexity index is 539. The first-order valence-electron chi connectivity index (χ1n) is 5.00. The van der Waals surface area contributed by atoms with Crippen molar-refractivity contribution in [2.45, 2.75) is 13.5 Å². The summed E-state index contributed by atoms with van der Waals surface area (Å²) in [5.74, 6) is 0.237. The largest absolute Gasteiger partial charge is 0.465 e. The predicted octanol–water partition coefficient (Wildman–Crippen LogP) is 4.24. The van der Waals surface area contributed by atoms with Crippen molar-refractivity contribution in [3.63, 3.8) is 0 Å². The van der Waals surface area contributed by atoms with Gasteiger partial charge < -0.3 is 9.73 Å². The van der Waals surface area contributed by atoms with E-state index < -0.39 is 11.6 Å². The van der Waals surface area contributed by atoms with Gasteiger partial charge in [0.2, 0.25) is 0 Å². The Morgan fingerprint density at radius 1 is 1.24 bits per heavy atom. The molecule has 0 atom stereocenters. The first-order valence-corrected chi connectivity index (χ1v) is 5.79. The van der Waals surface area contributed by atoms with Gasteiger partial charge in [-0.15, -0.1) is 0 Å². The average molecular weight is 302 g/mol.